The lowest BCUT2D eigenvalue weighted by Crippen LogP contribution is -2.20. The third-order valence-electron chi connectivity index (χ3n) is 4.30. The van der Waals surface area contributed by atoms with E-state index in [0.29, 0.717) is 0 Å². The molecule has 0 saturated heterocycles. The van der Waals surface area contributed by atoms with Crippen LogP contribution in [0.4, 0.5) is 11.4 Å². The minimum absolute atomic E-state index is 0.785. The zero-order chi connectivity index (χ0) is 17.8. The van der Waals surface area contributed by atoms with Crippen molar-refractivity contribution in [2.75, 3.05) is 11.4 Å². The summed E-state index contributed by atoms with van der Waals surface area (Å²) in [6.07, 6.45) is 6.87. The molecule has 1 nitrogen and oxygen atoms in total. The number of nitrogens with zero attached hydrogens (tertiary/aromatic N) is 1. The van der Waals surface area contributed by atoms with E-state index in [9.17, 15) is 0 Å². The van der Waals surface area contributed by atoms with Crippen molar-refractivity contribution < 1.29 is 0 Å². The van der Waals surface area contributed by atoms with Gasteiger partial charge in [0.1, 0.15) is 0 Å². The highest BCUT2D eigenvalue weighted by Gasteiger charge is 2.22. The van der Waals surface area contributed by atoms with E-state index in [0.717, 1.165) is 24.4 Å². The van der Waals surface area contributed by atoms with Gasteiger partial charge in [-0.15, -0.1) is 0 Å². The van der Waals surface area contributed by atoms with Crippen LogP contribution in [0.5, 0.6) is 0 Å². The Hall–Kier alpha value is -1.64. The van der Waals surface area contributed by atoms with E-state index in [1.165, 1.54) is 32.3 Å². The number of anilines is 2. The SMILES string of the molecule is CC(C)=CCC/C(C)=C/CN1c2ccccc2Sc2ccc(Cl)cc21. The molecule has 0 aliphatic carbocycles. The largest absolute Gasteiger partial charge is 0.336 e. The fourth-order valence-corrected chi connectivity index (χ4v) is 4.18. The minimum Gasteiger partial charge on any atom is -0.336 e. The Balaban J connectivity index is 1.85. The average Bonchev–Trinajstić information content (AvgIpc) is 2.58. The Bertz CT molecular complexity index is 819. The lowest BCUT2D eigenvalue weighted by molar-refractivity contribution is 0.944. The van der Waals surface area contributed by atoms with Gasteiger partial charge in [0, 0.05) is 21.4 Å². The van der Waals surface area contributed by atoms with Crippen molar-refractivity contribution in [3.63, 3.8) is 0 Å². The highest BCUT2D eigenvalue weighted by Crippen LogP contribution is 2.48. The van der Waals surface area contributed by atoms with Crippen molar-refractivity contribution in [3.8, 4) is 0 Å². The first-order valence-electron chi connectivity index (χ1n) is 8.67. The van der Waals surface area contributed by atoms with Crippen LogP contribution in [0.1, 0.15) is 33.6 Å². The zero-order valence-corrected chi connectivity index (χ0v) is 16.6. The molecule has 0 saturated carbocycles. The first kappa shape index (κ1) is 18.2. The molecule has 0 amide bonds. The molecule has 0 atom stereocenters. The normalized spacial score (nSPS) is 13.3. The molecule has 0 bridgehead atoms. The van der Waals surface area contributed by atoms with Gasteiger partial charge in [-0.3, -0.25) is 0 Å². The molecule has 0 aromatic heterocycles. The first-order valence-corrected chi connectivity index (χ1v) is 9.87. The van der Waals surface area contributed by atoms with Crippen LogP contribution in [0, 0.1) is 0 Å². The van der Waals surface area contributed by atoms with Crippen molar-refractivity contribution in [2.45, 2.75) is 43.4 Å². The van der Waals surface area contributed by atoms with E-state index in [-0.39, 0.29) is 0 Å². The van der Waals surface area contributed by atoms with Crippen LogP contribution in [0.2, 0.25) is 5.02 Å². The summed E-state index contributed by atoms with van der Waals surface area (Å²) in [5, 5.41) is 0.785. The summed E-state index contributed by atoms with van der Waals surface area (Å²) in [6.45, 7) is 7.40. The lowest BCUT2D eigenvalue weighted by Gasteiger charge is -2.32. The Morgan fingerprint density at radius 3 is 2.56 bits per heavy atom. The van der Waals surface area contributed by atoms with E-state index >= 15 is 0 Å². The number of para-hydroxylation sites is 1. The molecule has 1 aliphatic rings. The number of hydrogen-bond acceptors (Lipinski definition) is 2. The summed E-state index contributed by atoms with van der Waals surface area (Å²) in [6, 6.07) is 14.8. The molecule has 0 fully saturated rings. The van der Waals surface area contributed by atoms with Gasteiger partial charge in [0.05, 0.1) is 11.4 Å². The second-order valence-electron chi connectivity index (χ2n) is 6.66. The first-order chi connectivity index (χ1) is 12.0. The molecule has 2 aromatic carbocycles. The number of allylic oxidation sites excluding steroid dienone is 3. The van der Waals surface area contributed by atoms with Gasteiger partial charge in [-0.2, -0.15) is 0 Å². The van der Waals surface area contributed by atoms with Crippen molar-refractivity contribution >= 4 is 34.7 Å². The molecule has 3 heteroatoms. The van der Waals surface area contributed by atoms with Gasteiger partial charge in [-0.25, -0.2) is 0 Å². The predicted molar refractivity (Wildman–Crippen MR) is 111 cm³/mol. The number of fused-ring (bicyclic) bond motifs is 2. The summed E-state index contributed by atoms with van der Waals surface area (Å²) in [7, 11) is 0. The van der Waals surface area contributed by atoms with Gasteiger partial charge in [0.25, 0.3) is 0 Å². The molecule has 0 N–H and O–H groups in total. The molecular weight excluding hydrogens is 346 g/mol. The highest BCUT2D eigenvalue weighted by molar-refractivity contribution is 7.99. The maximum Gasteiger partial charge on any atom is 0.0570 e. The third-order valence-corrected chi connectivity index (χ3v) is 5.67. The molecule has 0 unspecified atom stereocenters. The van der Waals surface area contributed by atoms with Crippen molar-refractivity contribution in [1.82, 2.24) is 0 Å². The van der Waals surface area contributed by atoms with Crippen molar-refractivity contribution in [1.29, 1.82) is 0 Å². The van der Waals surface area contributed by atoms with Crippen LogP contribution >= 0.6 is 23.4 Å². The van der Waals surface area contributed by atoms with E-state index in [1.54, 1.807) is 0 Å². The molecule has 130 valence electrons. The van der Waals surface area contributed by atoms with Crippen LogP contribution in [0.25, 0.3) is 0 Å². The third kappa shape index (κ3) is 4.50. The fraction of sp³-hybridized carbons (Fsp3) is 0.273. The number of rotatable bonds is 5. The molecule has 1 aliphatic heterocycles. The molecule has 1 heterocycles. The molecule has 0 spiro atoms. The summed E-state index contributed by atoms with van der Waals surface area (Å²) >= 11 is 8.09. The predicted octanol–water partition coefficient (Wildman–Crippen LogP) is 7.64. The quantitative estimate of drug-likeness (QED) is 0.498. The van der Waals surface area contributed by atoms with Gasteiger partial charge in [0.15, 0.2) is 0 Å². The molecule has 3 rings (SSSR count). The van der Waals surface area contributed by atoms with E-state index in [2.05, 4.69) is 74.2 Å². The summed E-state index contributed by atoms with van der Waals surface area (Å²) in [5.74, 6) is 0. The Labute approximate surface area is 160 Å². The van der Waals surface area contributed by atoms with Crippen LogP contribution in [0.3, 0.4) is 0 Å². The van der Waals surface area contributed by atoms with Crippen LogP contribution in [-0.2, 0) is 0 Å². The highest BCUT2D eigenvalue weighted by atomic mass is 35.5. The van der Waals surface area contributed by atoms with Crippen LogP contribution < -0.4 is 4.90 Å². The van der Waals surface area contributed by atoms with Gasteiger partial charge in [0.2, 0.25) is 0 Å². The number of hydrogen-bond donors (Lipinski definition) is 0. The Morgan fingerprint density at radius 2 is 1.76 bits per heavy atom. The Kier molecular flexibility index (Phi) is 5.93. The van der Waals surface area contributed by atoms with Gasteiger partial charge >= 0.3 is 0 Å². The van der Waals surface area contributed by atoms with E-state index in [1.807, 2.05) is 17.8 Å². The van der Waals surface area contributed by atoms with Gasteiger partial charge in [-0.05, 0) is 63.9 Å². The maximum atomic E-state index is 6.27. The van der Waals surface area contributed by atoms with Crippen molar-refractivity contribution in [3.05, 3.63) is 70.8 Å². The Morgan fingerprint density at radius 1 is 1.00 bits per heavy atom. The standard InChI is InChI=1S/C22H24ClNS/c1-16(2)7-6-8-17(3)13-14-24-19-9-4-5-10-21(19)25-22-12-11-18(23)15-20(22)24/h4-5,7,9-13,15H,6,8,14H2,1-3H3/b17-13+. The molecule has 25 heavy (non-hydrogen) atoms. The number of benzene rings is 2. The van der Waals surface area contributed by atoms with E-state index in [4.69, 9.17) is 11.6 Å². The average molecular weight is 370 g/mol. The second-order valence-corrected chi connectivity index (χ2v) is 8.18. The molecule has 2 aromatic rings. The molecule has 0 radical (unpaired) electrons. The monoisotopic (exact) mass is 369 g/mol. The van der Waals surface area contributed by atoms with Crippen molar-refractivity contribution in [2.24, 2.45) is 0 Å². The smallest absolute Gasteiger partial charge is 0.0570 e. The van der Waals surface area contributed by atoms with Gasteiger partial charge < -0.3 is 4.90 Å². The zero-order valence-electron chi connectivity index (χ0n) is 15.1. The maximum absolute atomic E-state index is 6.27. The minimum atomic E-state index is 0.785. The number of halogens is 1. The second kappa shape index (κ2) is 8.16. The van der Waals surface area contributed by atoms with Gasteiger partial charge in [-0.1, -0.05) is 58.8 Å². The van der Waals surface area contributed by atoms with Crippen LogP contribution in [0.15, 0.2) is 75.6 Å². The fourth-order valence-electron chi connectivity index (χ4n) is 2.94. The van der Waals surface area contributed by atoms with Crippen LogP contribution in [-0.4, -0.2) is 6.54 Å². The lowest BCUT2D eigenvalue weighted by atomic mass is 10.1. The molecular formula is C22H24ClNS. The van der Waals surface area contributed by atoms with E-state index < -0.39 is 0 Å². The summed E-state index contributed by atoms with van der Waals surface area (Å²) < 4.78 is 0. The summed E-state index contributed by atoms with van der Waals surface area (Å²) in [4.78, 5) is 4.93. The summed E-state index contributed by atoms with van der Waals surface area (Å²) in [5.41, 5.74) is 5.27. The topological polar surface area (TPSA) is 3.24 Å².